The molecule has 2 fully saturated rings. The molecule has 0 aromatic carbocycles. The van der Waals surface area contributed by atoms with Crippen LogP contribution in [0.25, 0.3) is 0 Å². The zero-order valence-electron chi connectivity index (χ0n) is 10.5. The molecule has 1 aromatic rings. The van der Waals surface area contributed by atoms with Crippen LogP contribution in [0.3, 0.4) is 0 Å². The van der Waals surface area contributed by atoms with Crippen LogP contribution in [0.15, 0.2) is 11.6 Å². The molecule has 3 heterocycles. The smallest absolute Gasteiger partial charge is 0.317 e. The number of urea groups is 1. The Hall–Kier alpha value is -1.63. The Bertz CT molecular complexity index is 476. The average molecular weight is 280 g/mol. The summed E-state index contributed by atoms with van der Waals surface area (Å²) in [7, 11) is 0. The van der Waals surface area contributed by atoms with Crippen molar-refractivity contribution in [2.75, 3.05) is 26.2 Å². The summed E-state index contributed by atoms with van der Waals surface area (Å²) in [6.45, 7) is 2.18. The average Bonchev–Trinajstić information content (AvgIpc) is 3.09. The zero-order valence-corrected chi connectivity index (χ0v) is 11.4. The van der Waals surface area contributed by atoms with Crippen LogP contribution in [-0.2, 0) is 4.79 Å². The monoisotopic (exact) mass is 280 g/mol. The quantitative estimate of drug-likeness (QED) is 0.892. The number of hydrogen-bond acceptors (Lipinski definition) is 4. The molecule has 0 saturated carbocycles. The van der Waals surface area contributed by atoms with Gasteiger partial charge in [0.25, 0.3) is 0 Å². The first-order valence-corrected chi connectivity index (χ1v) is 7.35. The van der Waals surface area contributed by atoms with E-state index in [0.717, 1.165) is 24.4 Å². The van der Waals surface area contributed by atoms with Crippen LogP contribution in [0.5, 0.6) is 0 Å². The van der Waals surface area contributed by atoms with E-state index in [1.165, 1.54) is 0 Å². The topological polar surface area (TPSA) is 65.5 Å². The predicted octanol–water partition coefficient (Wildman–Crippen LogP) is 0.832. The summed E-state index contributed by atoms with van der Waals surface area (Å²) in [5.74, 6) is 0.0229. The van der Waals surface area contributed by atoms with Crippen molar-refractivity contribution >= 4 is 23.3 Å². The third-order valence-corrected chi connectivity index (χ3v) is 4.46. The fraction of sp³-hybridized carbons (Fsp3) is 0.583. The lowest BCUT2D eigenvalue weighted by Gasteiger charge is -2.25. The van der Waals surface area contributed by atoms with E-state index in [-0.39, 0.29) is 24.5 Å². The number of rotatable bonds is 3. The van der Waals surface area contributed by atoms with Crippen molar-refractivity contribution in [3.63, 3.8) is 0 Å². The van der Waals surface area contributed by atoms with Crippen LogP contribution in [0.2, 0.25) is 0 Å². The van der Waals surface area contributed by atoms with Gasteiger partial charge in [0.15, 0.2) is 0 Å². The molecule has 6 nitrogen and oxygen atoms in total. The molecule has 102 valence electrons. The predicted molar refractivity (Wildman–Crippen MR) is 70.8 cm³/mol. The standard InChI is InChI=1S/C12H16N4O2S/c17-10(8-15-6-3-14-12(15)18)16-5-1-2-9(16)11-13-4-7-19-11/h4,7,9H,1-3,5-6,8H2,(H,14,18). The fourth-order valence-corrected chi connectivity index (χ4v) is 3.42. The van der Waals surface area contributed by atoms with E-state index in [1.807, 2.05) is 10.3 Å². The van der Waals surface area contributed by atoms with E-state index in [9.17, 15) is 9.59 Å². The maximum Gasteiger partial charge on any atom is 0.317 e. The molecular weight excluding hydrogens is 264 g/mol. The summed E-state index contributed by atoms with van der Waals surface area (Å²) in [5, 5.41) is 5.64. The van der Waals surface area contributed by atoms with Gasteiger partial charge in [-0.25, -0.2) is 9.78 Å². The summed E-state index contributed by atoms with van der Waals surface area (Å²) in [6.07, 6.45) is 3.74. The first kappa shape index (κ1) is 12.4. The van der Waals surface area contributed by atoms with E-state index >= 15 is 0 Å². The molecule has 1 atom stereocenters. The highest BCUT2D eigenvalue weighted by atomic mass is 32.1. The lowest BCUT2D eigenvalue weighted by Crippen LogP contribution is -2.41. The number of carbonyl (C=O) groups is 2. The van der Waals surface area contributed by atoms with E-state index in [1.54, 1.807) is 22.4 Å². The van der Waals surface area contributed by atoms with Crippen molar-refractivity contribution in [1.29, 1.82) is 0 Å². The van der Waals surface area contributed by atoms with Crippen LogP contribution in [0.4, 0.5) is 4.79 Å². The number of likely N-dealkylation sites (tertiary alicyclic amines) is 1. The highest BCUT2D eigenvalue weighted by Crippen LogP contribution is 2.32. The largest absolute Gasteiger partial charge is 0.336 e. The number of aromatic nitrogens is 1. The van der Waals surface area contributed by atoms with Gasteiger partial charge in [0.1, 0.15) is 11.6 Å². The van der Waals surface area contributed by atoms with Crippen molar-refractivity contribution in [1.82, 2.24) is 20.1 Å². The Labute approximate surface area is 115 Å². The summed E-state index contributed by atoms with van der Waals surface area (Å²) in [5.41, 5.74) is 0. The molecule has 3 rings (SSSR count). The van der Waals surface area contributed by atoms with E-state index < -0.39 is 0 Å². The van der Waals surface area contributed by atoms with Gasteiger partial charge in [-0.15, -0.1) is 11.3 Å². The molecule has 2 aliphatic heterocycles. The summed E-state index contributed by atoms with van der Waals surface area (Å²) in [4.78, 5) is 31.5. The van der Waals surface area contributed by atoms with Crippen molar-refractivity contribution < 1.29 is 9.59 Å². The maximum atomic E-state index is 12.3. The van der Waals surface area contributed by atoms with Gasteiger partial charge in [0, 0.05) is 31.2 Å². The van der Waals surface area contributed by atoms with Crippen molar-refractivity contribution in [2.24, 2.45) is 0 Å². The lowest BCUT2D eigenvalue weighted by molar-refractivity contribution is -0.132. The first-order valence-electron chi connectivity index (χ1n) is 6.47. The van der Waals surface area contributed by atoms with Crippen LogP contribution in [0, 0.1) is 0 Å². The second kappa shape index (κ2) is 5.16. The molecule has 1 unspecified atom stereocenters. The molecular formula is C12H16N4O2S. The van der Waals surface area contributed by atoms with Gasteiger partial charge >= 0.3 is 6.03 Å². The summed E-state index contributed by atoms with van der Waals surface area (Å²) < 4.78 is 0. The lowest BCUT2D eigenvalue weighted by atomic mass is 10.2. The minimum absolute atomic E-state index is 0.0229. The van der Waals surface area contributed by atoms with E-state index in [0.29, 0.717) is 13.1 Å². The van der Waals surface area contributed by atoms with Gasteiger partial charge in [0.2, 0.25) is 5.91 Å². The van der Waals surface area contributed by atoms with Gasteiger partial charge in [-0.1, -0.05) is 0 Å². The van der Waals surface area contributed by atoms with Crippen LogP contribution < -0.4 is 5.32 Å². The number of carbonyl (C=O) groups excluding carboxylic acids is 2. The molecule has 1 N–H and O–H groups in total. The van der Waals surface area contributed by atoms with Gasteiger partial charge in [0.05, 0.1) is 6.04 Å². The molecule has 2 saturated heterocycles. The minimum Gasteiger partial charge on any atom is -0.336 e. The molecule has 19 heavy (non-hydrogen) atoms. The molecule has 0 spiro atoms. The van der Waals surface area contributed by atoms with E-state index in [4.69, 9.17) is 0 Å². The molecule has 0 radical (unpaired) electrons. The third-order valence-electron chi connectivity index (χ3n) is 3.58. The molecule has 0 aliphatic carbocycles. The summed E-state index contributed by atoms with van der Waals surface area (Å²) >= 11 is 1.59. The fourth-order valence-electron chi connectivity index (χ4n) is 2.64. The van der Waals surface area contributed by atoms with Gasteiger partial charge < -0.3 is 15.1 Å². The molecule has 0 bridgehead atoms. The SMILES string of the molecule is O=C1NCCN1CC(=O)N1CCCC1c1nccs1. The highest BCUT2D eigenvalue weighted by Gasteiger charge is 2.33. The first-order chi connectivity index (χ1) is 9.25. The van der Waals surface area contributed by atoms with Crippen LogP contribution >= 0.6 is 11.3 Å². The van der Waals surface area contributed by atoms with Gasteiger partial charge in [-0.05, 0) is 12.8 Å². The number of hydrogen-bond donors (Lipinski definition) is 1. The van der Waals surface area contributed by atoms with Crippen molar-refractivity contribution in [2.45, 2.75) is 18.9 Å². The Balaban J connectivity index is 1.67. The minimum atomic E-state index is -0.140. The number of nitrogens with zero attached hydrogens (tertiary/aromatic N) is 3. The molecule has 7 heteroatoms. The number of amides is 3. The Morgan fingerprint density at radius 2 is 2.42 bits per heavy atom. The highest BCUT2D eigenvalue weighted by molar-refractivity contribution is 7.09. The van der Waals surface area contributed by atoms with Crippen molar-refractivity contribution in [3.8, 4) is 0 Å². The van der Waals surface area contributed by atoms with Gasteiger partial charge in [-0.2, -0.15) is 0 Å². The molecule has 2 aliphatic rings. The Morgan fingerprint density at radius 3 is 3.11 bits per heavy atom. The zero-order chi connectivity index (χ0) is 13.2. The summed E-state index contributed by atoms with van der Waals surface area (Å²) in [6, 6.07) is -0.0449. The van der Waals surface area contributed by atoms with Crippen LogP contribution in [-0.4, -0.2) is 52.9 Å². The Kier molecular flexibility index (Phi) is 3.37. The van der Waals surface area contributed by atoms with E-state index in [2.05, 4.69) is 10.3 Å². The molecule has 1 aromatic heterocycles. The third kappa shape index (κ3) is 2.42. The van der Waals surface area contributed by atoms with Crippen LogP contribution in [0.1, 0.15) is 23.9 Å². The van der Waals surface area contributed by atoms with Gasteiger partial charge in [-0.3, -0.25) is 4.79 Å². The second-order valence-corrected chi connectivity index (χ2v) is 5.70. The second-order valence-electron chi connectivity index (χ2n) is 4.77. The molecule has 3 amide bonds. The normalized spacial score (nSPS) is 22.9. The number of thiazole rings is 1. The maximum absolute atomic E-state index is 12.3. The van der Waals surface area contributed by atoms with Crippen molar-refractivity contribution in [3.05, 3.63) is 16.6 Å². The number of nitrogens with one attached hydrogen (secondary N) is 1. The Morgan fingerprint density at radius 1 is 1.53 bits per heavy atom.